The summed E-state index contributed by atoms with van der Waals surface area (Å²) in [5.74, 6) is -0.946. The maximum Gasteiger partial charge on any atom is 0.314 e. The minimum atomic E-state index is -0.946. The lowest BCUT2D eigenvalue weighted by molar-refractivity contribution is -0.139. The number of carbonyl (C=O) groups excluding carboxylic acids is 1. The molecule has 0 fully saturated rings. The van der Waals surface area contributed by atoms with E-state index in [2.05, 4.69) is 29.4 Å². The van der Waals surface area contributed by atoms with Gasteiger partial charge in [0.15, 0.2) is 0 Å². The molecule has 1 atom stereocenters. The van der Waals surface area contributed by atoms with Crippen molar-refractivity contribution < 1.29 is 19.4 Å². The first-order valence-electron chi connectivity index (χ1n) is 7.02. The van der Waals surface area contributed by atoms with E-state index in [4.69, 9.17) is 9.84 Å². The molecule has 0 saturated carbocycles. The van der Waals surface area contributed by atoms with Crippen LogP contribution < -0.4 is 10.6 Å². The Morgan fingerprint density at radius 3 is 2.40 bits per heavy atom. The summed E-state index contributed by atoms with van der Waals surface area (Å²) in [5, 5.41) is 14.0. The Bertz CT molecular complexity index is 283. The molecule has 7 heteroatoms. The Morgan fingerprint density at radius 2 is 1.90 bits per heavy atom. The van der Waals surface area contributed by atoms with E-state index >= 15 is 0 Å². The van der Waals surface area contributed by atoms with Crippen LogP contribution in [0.25, 0.3) is 0 Å². The second-order valence-corrected chi connectivity index (χ2v) is 4.47. The number of nitrogens with zero attached hydrogens (tertiary/aromatic N) is 1. The Kier molecular flexibility index (Phi) is 10.7. The average Bonchev–Trinajstić information content (AvgIpc) is 2.43. The molecular formula is C13H27N3O4. The molecule has 0 radical (unpaired) electrons. The number of carboxylic acid groups (broad SMARTS) is 1. The highest BCUT2D eigenvalue weighted by Gasteiger charge is 2.13. The van der Waals surface area contributed by atoms with Crippen molar-refractivity contribution in [2.75, 3.05) is 39.8 Å². The van der Waals surface area contributed by atoms with Gasteiger partial charge in [-0.1, -0.05) is 13.8 Å². The van der Waals surface area contributed by atoms with Crippen LogP contribution in [-0.2, 0) is 9.53 Å². The zero-order chi connectivity index (χ0) is 15.4. The Morgan fingerprint density at radius 1 is 1.25 bits per heavy atom. The predicted molar refractivity (Wildman–Crippen MR) is 76.9 cm³/mol. The lowest BCUT2D eigenvalue weighted by Gasteiger charge is -2.18. The fourth-order valence-corrected chi connectivity index (χ4v) is 1.75. The molecule has 0 heterocycles. The standard InChI is InChI=1S/C13H27N3O4/c1-4-16(5-2)8-6-7-14-13(19)15-10-11(20-3)9-12(17)18/h11H,4-10H2,1-3H3,(H,17,18)(H2,14,15,19). The number of urea groups is 1. The van der Waals surface area contributed by atoms with Crippen molar-refractivity contribution in [1.29, 1.82) is 0 Å². The molecule has 1 unspecified atom stereocenters. The van der Waals surface area contributed by atoms with Crippen LogP contribution in [0.3, 0.4) is 0 Å². The molecule has 3 N–H and O–H groups in total. The fourth-order valence-electron chi connectivity index (χ4n) is 1.75. The van der Waals surface area contributed by atoms with E-state index in [0.29, 0.717) is 6.54 Å². The Balaban J connectivity index is 3.70. The zero-order valence-corrected chi connectivity index (χ0v) is 12.6. The number of methoxy groups -OCH3 is 1. The van der Waals surface area contributed by atoms with E-state index in [9.17, 15) is 9.59 Å². The van der Waals surface area contributed by atoms with Crippen LogP contribution in [-0.4, -0.2) is 67.9 Å². The van der Waals surface area contributed by atoms with Gasteiger partial charge in [-0.2, -0.15) is 0 Å². The summed E-state index contributed by atoms with van der Waals surface area (Å²) < 4.78 is 4.97. The molecule has 2 amide bonds. The van der Waals surface area contributed by atoms with Crippen molar-refractivity contribution in [3.63, 3.8) is 0 Å². The maximum absolute atomic E-state index is 11.5. The van der Waals surface area contributed by atoms with Crippen LogP contribution in [0.2, 0.25) is 0 Å². The van der Waals surface area contributed by atoms with Crippen molar-refractivity contribution in [3.05, 3.63) is 0 Å². The summed E-state index contributed by atoms with van der Waals surface area (Å²) >= 11 is 0. The number of carbonyl (C=O) groups is 2. The van der Waals surface area contributed by atoms with Gasteiger partial charge in [-0.15, -0.1) is 0 Å². The molecular weight excluding hydrogens is 262 g/mol. The first-order valence-corrected chi connectivity index (χ1v) is 7.02. The highest BCUT2D eigenvalue weighted by atomic mass is 16.5. The number of hydrogen-bond donors (Lipinski definition) is 3. The second-order valence-electron chi connectivity index (χ2n) is 4.47. The minimum absolute atomic E-state index is 0.126. The Labute approximate surface area is 120 Å². The highest BCUT2D eigenvalue weighted by molar-refractivity contribution is 5.74. The molecule has 118 valence electrons. The molecule has 0 aromatic carbocycles. The van der Waals surface area contributed by atoms with Crippen molar-refractivity contribution in [1.82, 2.24) is 15.5 Å². The van der Waals surface area contributed by atoms with Crippen molar-refractivity contribution in [2.24, 2.45) is 0 Å². The van der Waals surface area contributed by atoms with E-state index in [0.717, 1.165) is 26.1 Å². The maximum atomic E-state index is 11.5. The molecule has 0 rings (SSSR count). The van der Waals surface area contributed by atoms with Gasteiger partial charge < -0.3 is 25.4 Å². The molecule has 7 nitrogen and oxygen atoms in total. The molecule has 0 spiro atoms. The van der Waals surface area contributed by atoms with Crippen LogP contribution in [0.5, 0.6) is 0 Å². The van der Waals surface area contributed by atoms with Gasteiger partial charge in [0.25, 0.3) is 0 Å². The third-order valence-corrected chi connectivity index (χ3v) is 3.06. The number of nitrogens with one attached hydrogen (secondary N) is 2. The third-order valence-electron chi connectivity index (χ3n) is 3.06. The number of hydrogen-bond acceptors (Lipinski definition) is 4. The van der Waals surface area contributed by atoms with Crippen LogP contribution >= 0.6 is 0 Å². The quantitative estimate of drug-likeness (QED) is 0.482. The number of ether oxygens (including phenoxy) is 1. The molecule has 0 aliphatic heterocycles. The van der Waals surface area contributed by atoms with Crippen molar-refractivity contribution in [2.45, 2.75) is 32.8 Å². The number of aliphatic carboxylic acids is 1. The minimum Gasteiger partial charge on any atom is -0.481 e. The van der Waals surface area contributed by atoms with Crippen LogP contribution in [0, 0.1) is 0 Å². The van der Waals surface area contributed by atoms with E-state index in [1.807, 2.05) is 0 Å². The van der Waals surface area contributed by atoms with Crippen molar-refractivity contribution >= 4 is 12.0 Å². The van der Waals surface area contributed by atoms with E-state index in [1.165, 1.54) is 7.11 Å². The van der Waals surface area contributed by atoms with E-state index in [1.54, 1.807) is 0 Å². The SMILES string of the molecule is CCN(CC)CCCNC(=O)NCC(CC(=O)O)OC. The third kappa shape index (κ3) is 9.57. The summed E-state index contributed by atoms with van der Waals surface area (Å²) in [7, 11) is 1.43. The topological polar surface area (TPSA) is 90.9 Å². The van der Waals surface area contributed by atoms with Gasteiger partial charge in [-0.05, 0) is 26.1 Å². The number of amides is 2. The molecule has 0 aromatic rings. The van der Waals surface area contributed by atoms with Crippen LogP contribution in [0.1, 0.15) is 26.7 Å². The lowest BCUT2D eigenvalue weighted by atomic mass is 10.2. The normalized spacial score (nSPS) is 12.2. The predicted octanol–water partition coefficient (Wildman–Crippen LogP) is 0.507. The number of carboxylic acids is 1. The molecule has 20 heavy (non-hydrogen) atoms. The van der Waals surface area contributed by atoms with E-state index in [-0.39, 0.29) is 19.0 Å². The molecule has 0 aliphatic carbocycles. The van der Waals surface area contributed by atoms with Gasteiger partial charge in [0.05, 0.1) is 12.5 Å². The highest BCUT2D eigenvalue weighted by Crippen LogP contribution is 1.95. The average molecular weight is 289 g/mol. The van der Waals surface area contributed by atoms with Gasteiger partial charge in [-0.3, -0.25) is 4.79 Å². The van der Waals surface area contributed by atoms with Crippen molar-refractivity contribution in [3.8, 4) is 0 Å². The van der Waals surface area contributed by atoms with Gasteiger partial charge in [-0.25, -0.2) is 4.79 Å². The molecule has 0 saturated heterocycles. The molecule has 0 aliphatic rings. The zero-order valence-electron chi connectivity index (χ0n) is 12.6. The summed E-state index contributed by atoms with van der Waals surface area (Å²) in [4.78, 5) is 24.3. The molecule has 0 aromatic heterocycles. The van der Waals surface area contributed by atoms with Crippen LogP contribution in [0.4, 0.5) is 4.79 Å². The van der Waals surface area contributed by atoms with Gasteiger partial charge in [0.1, 0.15) is 0 Å². The van der Waals surface area contributed by atoms with Gasteiger partial charge in [0, 0.05) is 20.2 Å². The summed E-state index contributed by atoms with van der Waals surface area (Å²) in [6.07, 6.45) is 0.255. The van der Waals surface area contributed by atoms with Gasteiger partial charge >= 0.3 is 12.0 Å². The first-order chi connectivity index (χ1) is 9.53. The fraction of sp³-hybridized carbons (Fsp3) is 0.846. The van der Waals surface area contributed by atoms with Crippen LogP contribution in [0.15, 0.2) is 0 Å². The monoisotopic (exact) mass is 289 g/mol. The van der Waals surface area contributed by atoms with Gasteiger partial charge in [0.2, 0.25) is 0 Å². The lowest BCUT2D eigenvalue weighted by Crippen LogP contribution is -2.41. The second kappa shape index (κ2) is 11.5. The number of rotatable bonds is 11. The largest absolute Gasteiger partial charge is 0.481 e. The first kappa shape index (κ1) is 18.7. The summed E-state index contributed by atoms with van der Waals surface area (Å²) in [6, 6.07) is -0.294. The Hall–Kier alpha value is -1.34. The smallest absolute Gasteiger partial charge is 0.314 e. The summed E-state index contributed by atoms with van der Waals surface area (Å²) in [5.41, 5.74) is 0. The summed E-state index contributed by atoms with van der Waals surface area (Å²) in [6.45, 7) is 7.96. The van der Waals surface area contributed by atoms with E-state index < -0.39 is 12.1 Å². The molecule has 0 bridgehead atoms.